The van der Waals surface area contributed by atoms with Gasteiger partial charge in [-0.05, 0) is 31.7 Å². The fourth-order valence-electron chi connectivity index (χ4n) is 3.12. The molecule has 0 amide bonds. The van der Waals surface area contributed by atoms with Crippen molar-refractivity contribution in [3.63, 3.8) is 0 Å². The van der Waals surface area contributed by atoms with Crippen molar-refractivity contribution < 1.29 is 4.74 Å². The molecule has 0 aromatic carbocycles. The molecule has 3 heterocycles. The fourth-order valence-corrected chi connectivity index (χ4v) is 3.12. The van der Waals surface area contributed by atoms with Crippen LogP contribution in [-0.2, 0) is 6.54 Å². The first kappa shape index (κ1) is 13.6. The van der Waals surface area contributed by atoms with Gasteiger partial charge >= 0.3 is 0 Å². The van der Waals surface area contributed by atoms with Crippen LogP contribution in [0.2, 0.25) is 0 Å². The van der Waals surface area contributed by atoms with Crippen LogP contribution in [0.3, 0.4) is 0 Å². The zero-order chi connectivity index (χ0) is 14.9. The smallest absolute Gasteiger partial charge is 0.132 e. The van der Waals surface area contributed by atoms with Gasteiger partial charge in [0.1, 0.15) is 11.6 Å². The molecule has 5 heteroatoms. The molecule has 4 rings (SSSR count). The molecule has 1 saturated carbocycles. The molecular weight excluding hydrogens is 276 g/mol. The summed E-state index contributed by atoms with van der Waals surface area (Å²) in [6, 6.07) is 4.20. The summed E-state index contributed by atoms with van der Waals surface area (Å²) < 4.78 is 7.57. The van der Waals surface area contributed by atoms with E-state index in [0.717, 1.165) is 30.2 Å². The zero-order valence-corrected chi connectivity index (χ0v) is 13.0. The summed E-state index contributed by atoms with van der Waals surface area (Å²) >= 11 is 0. The first-order valence-corrected chi connectivity index (χ1v) is 8.15. The molecular formula is C17H22N4O. The quantitative estimate of drug-likeness (QED) is 0.851. The van der Waals surface area contributed by atoms with Crippen LogP contribution in [0, 0.1) is 0 Å². The summed E-state index contributed by atoms with van der Waals surface area (Å²) in [5.74, 6) is 2.62. The molecule has 0 N–H and O–H groups in total. The van der Waals surface area contributed by atoms with E-state index in [1.54, 1.807) is 7.11 Å². The Labute approximate surface area is 130 Å². The second-order valence-corrected chi connectivity index (χ2v) is 6.26. The van der Waals surface area contributed by atoms with E-state index < -0.39 is 0 Å². The Kier molecular flexibility index (Phi) is 3.48. The number of rotatable bonds is 5. The van der Waals surface area contributed by atoms with Crippen molar-refractivity contribution in [3.05, 3.63) is 35.8 Å². The van der Waals surface area contributed by atoms with Crippen LogP contribution in [-0.4, -0.2) is 35.0 Å². The monoisotopic (exact) mass is 298 g/mol. The van der Waals surface area contributed by atoms with Gasteiger partial charge in [0.25, 0.3) is 0 Å². The number of aromatic nitrogens is 3. The third-order valence-corrected chi connectivity index (χ3v) is 4.57. The lowest BCUT2D eigenvalue weighted by atomic mass is 10.2. The molecule has 2 aromatic rings. The first-order valence-electron chi connectivity index (χ1n) is 8.15. The number of nitrogens with zero attached hydrogens (tertiary/aromatic N) is 4. The van der Waals surface area contributed by atoms with Gasteiger partial charge in [-0.2, -0.15) is 5.10 Å². The molecule has 1 aliphatic heterocycles. The maximum atomic E-state index is 5.58. The molecule has 0 radical (unpaired) electrons. The van der Waals surface area contributed by atoms with E-state index in [1.807, 2.05) is 10.9 Å². The normalized spacial score (nSPS) is 18.0. The van der Waals surface area contributed by atoms with Gasteiger partial charge in [-0.25, -0.2) is 4.98 Å². The maximum Gasteiger partial charge on any atom is 0.132 e. The average Bonchev–Trinajstić information content (AvgIpc) is 3.06. The highest BCUT2D eigenvalue weighted by Gasteiger charge is 2.25. The highest BCUT2D eigenvalue weighted by molar-refractivity contribution is 5.47. The van der Waals surface area contributed by atoms with E-state index in [4.69, 9.17) is 4.74 Å². The third kappa shape index (κ3) is 2.67. The topological polar surface area (TPSA) is 43.2 Å². The summed E-state index contributed by atoms with van der Waals surface area (Å²) in [5.41, 5.74) is 2.30. The summed E-state index contributed by atoms with van der Waals surface area (Å²) in [6.45, 7) is 2.90. The summed E-state index contributed by atoms with van der Waals surface area (Å²) in [4.78, 5) is 6.95. The minimum absolute atomic E-state index is 0.693. The third-order valence-electron chi connectivity index (χ3n) is 4.57. The predicted octanol–water partition coefficient (Wildman–Crippen LogP) is 2.81. The first-order chi connectivity index (χ1) is 10.8. The Morgan fingerprint density at radius 3 is 2.82 bits per heavy atom. The van der Waals surface area contributed by atoms with E-state index in [9.17, 15) is 0 Å². The van der Waals surface area contributed by atoms with Gasteiger partial charge in [-0.15, -0.1) is 0 Å². The van der Waals surface area contributed by atoms with Crippen LogP contribution in [0.15, 0.2) is 24.5 Å². The van der Waals surface area contributed by atoms with Crippen LogP contribution >= 0.6 is 0 Å². The molecule has 1 aliphatic carbocycles. The molecule has 2 fully saturated rings. The number of pyridine rings is 1. The lowest BCUT2D eigenvalue weighted by molar-refractivity contribution is 0.406. The van der Waals surface area contributed by atoms with Crippen molar-refractivity contribution in [2.24, 2.45) is 0 Å². The summed E-state index contributed by atoms with van der Waals surface area (Å²) in [6.07, 6.45) is 9.07. The molecule has 2 aliphatic rings. The van der Waals surface area contributed by atoms with E-state index in [-0.39, 0.29) is 0 Å². The lowest BCUT2D eigenvalue weighted by Gasteiger charge is -2.18. The molecule has 0 unspecified atom stereocenters. The number of anilines is 1. The zero-order valence-electron chi connectivity index (χ0n) is 13.0. The Morgan fingerprint density at radius 1 is 1.27 bits per heavy atom. The van der Waals surface area contributed by atoms with Gasteiger partial charge in [0, 0.05) is 43.0 Å². The van der Waals surface area contributed by atoms with Gasteiger partial charge in [0.05, 0.1) is 19.3 Å². The largest absolute Gasteiger partial charge is 0.496 e. The Balaban J connectivity index is 1.54. The van der Waals surface area contributed by atoms with Crippen molar-refractivity contribution in [1.82, 2.24) is 14.8 Å². The minimum Gasteiger partial charge on any atom is -0.496 e. The van der Waals surface area contributed by atoms with E-state index >= 15 is 0 Å². The second-order valence-electron chi connectivity index (χ2n) is 6.26. The van der Waals surface area contributed by atoms with Gasteiger partial charge in [0.15, 0.2) is 0 Å². The molecule has 116 valence electrons. The van der Waals surface area contributed by atoms with Gasteiger partial charge in [-0.3, -0.25) is 4.68 Å². The van der Waals surface area contributed by atoms with Crippen LogP contribution < -0.4 is 9.64 Å². The van der Waals surface area contributed by atoms with Crippen LogP contribution in [0.4, 0.5) is 5.82 Å². The molecule has 1 saturated heterocycles. The van der Waals surface area contributed by atoms with Gasteiger partial charge < -0.3 is 9.64 Å². The van der Waals surface area contributed by atoms with Crippen molar-refractivity contribution in [2.45, 2.75) is 38.1 Å². The van der Waals surface area contributed by atoms with Crippen molar-refractivity contribution in [2.75, 3.05) is 25.1 Å². The summed E-state index contributed by atoms with van der Waals surface area (Å²) in [5, 5.41) is 4.67. The van der Waals surface area contributed by atoms with Crippen LogP contribution in [0.5, 0.6) is 5.75 Å². The SMILES string of the molecule is COc1cc(N2CCCC2)ncc1Cn1ccc(C2CC2)n1. The maximum absolute atomic E-state index is 5.58. The number of methoxy groups -OCH3 is 1. The fraction of sp³-hybridized carbons (Fsp3) is 0.529. The molecule has 0 bridgehead atoms. The predicted molar refractivity (Wildman–Crippen MR) is 85.5 cm³/mol. The van der Waals surface area contributed by atoms with Crippen LogP contribution in [0.1, 0.15) is 42.9 Å². The van der Waals surface area contributed by atoms with Crippen LogP contribution in [0.25, 0.3) is 0 Å². The van der Waals surface area contributed by atoms with Crippen molar-refractivity contribution in [1.29, 1.82) is 0 Å². The highest BCUT2D eigenvalue weighted by atomic mass is 16.5. The van der Waals surface area contributed by atoms with Gasteiger partial charge in [-0.1, -0.05) is 0 Å². The highest BCUT2D eigenvalue weighted by Crippen LogP contribution is 2.38. The molecule has 22 heavy (non-hydrogen) atoms. The van der Waals surface area contributed by atoms with E-state index in [1.165, 1.54) is 31.4 Å². The number of hydrogen-bond acceptors (Lipinski definition) is 4. The van der Waals surface area contributed by atoms with Crippen molar-refractivity contribution >= 4 is 5.82 Å². The molecule has 2 aromatic heterocycles. The molecule has 0 spiro atoms. The molecule has 0 atom stereocenters. The van der Waals surface area contributed by atoms with E-state index in [0.29, 0.717) is 12.5 Å². The standard InChI is InChI=1S/C17H22N4O/c1-22-16-10-17(20-7-2-3-8-20)18-11-14(16)12-21-9-6-15(19-21)13-4-5-13/h6,9-11,13H,2-5,7-8,12H2,1H3. The number of hydrogen-bond donors (Lipinski definition) is 0. The Bertz CT molecular complexity index is 656. The van der Waals surface area contributed by atoms with E-state index in [2.05, 4.69) is 33.3 Å². The lowest BCUT2D eigenvalue weighted by Crippen LogP contribution is -2.19. The number of ether oxygens (including phenoxy) is 1. The minimum atomic E-state index is 0.693. The Morgan fingerprint density at radius 2 is 2.09 bits per heavy atom. The average molecular weight is 298 g/mol. The van der Waals surface area contributed by atoms with Crippen molar-refractivity contribution in [3.8, 4) is 5.75 Å². The molecule has 5 nitrogen and oxygen atoms in total. The Hall–Kier alpha value is -2.04. The second kappa shape index (κ2) is 5.63. The van der Waals surface area contributed by atoms with Gasteiger partial charge in [0.2, 0.25) is 0 Å². The summed E-state index contributed by atoms with van der Waals surface area (Å²) in [7, 11) is 1.73.